The van der Waals surface area contributed by atoms with Gasteiger partial charge in [-0.3, -0.25) is 19.4 Å². The first-order chi connectivity index (χ1) is 14.8. The Balaban J connectivity index is 1.73. The number of urea groups is 1. The molecule has 32 heavy (non-hydrogen) atoms. The van der Waals surface area contributed by atoms with E-state index in [1.54, 1.807) is 6.92 Å². The number of ether oxygens (including phenoxy) is 1. The molecule has 14 heteroatoms. The predicted molar refractivity (Wildman–Crippen MR) is 106 cm³/mol. The summed E-state index contributed by atoms with van der Waals surface area (Å²) in [6.07, 6.45) is -2.13. The van der Waals surface area contributed by atoms with Gasteiger partial charge >= 0.3 is 12.4 Å². The Morgan fingerprint density at radius 1 is 1.22 bits per heavy atom. The lowest BCUT2D eigenvalue weighted by Crippen LogP contribution is -2.39. The molecule has 1 aromatic carbocycles. The second kappa shape index (κ2) is 7.06. The minimum absolute atomic E-state index is 0.0329. The van der Waals surface area contributed by atoms with Crippen LogP contribution in [0.1, 0.15) is 13.3 Å². The smallest absolute Gasteiger partial charge is 0.406 e. The third-order valence-electron chi connectivity index (χ3n) is 5.25. The van der Waals surface area contributed by atoms with Gasteiger partial charge in [0, 0.05) is 6.20 Å². The summed E-state index contributed by atoms with van der Waals surface area (Å²) in [5.74, 6) is -1.36. The number of carbonyl (C=O) groups excluding carboxylic acids is 2. The Labute approximate surface area is 179 Å². The number of pyridine rings is 1. The monoisotopic (exact) mass is 471 g/mol. The number of halogens is 3. The van der Waals surface area contributed by atoms with Crippen molar-refractivity contribution in [3.8, 4) is 5.75 Å². The Bertz CT molecular complexity index is 1200. The quantitative estimate of drug-likeness (QED) is 0.643. The molecule has 4 rings (SSSR count). The van der Waals surface area contributed by atoms with Crippen LogP contribution in [0.3, 0.4) is 0 Å². The Kier molecular flexibility index (Phi) is 4.82. The number of benzene rings is 1. The van der Waals surface area contributed by atoms with Crippen LogP contribution in [-0.2, 0) is 15.0 Å². The van der Waals surface area contributed by atoms with E-state index in [1.807, 2.05) is 0 Å². The summed E-state index contributed by atoms with van der Waals surface area (Å²) >= 11 is 0. The molecule has 2 unspecified atom stereocenters. The summed E-state index contributed by atoms with van der Waals surface area (Å²) in [6.45, 7) is 1.75. The van der Waals surface area contributed by atoms with Gasteiger partial charge in [0.05, 0.1) is 23.3 Å². The van der Waals surface area contributed by atoms with Gasteiger partial charge in [-0.25, -0.2) is 14.8 Å². The van der Waals surface area contributed by atoms with Gasteiger partial charge in [-0.05, 0) is 42.7 Å². The van der Waals surface area contributed by atoms with Crippen molar-refractivity contribution in [3.05, 3.63) is 42.7 Å². The summed E-state index contributed by atoms with van der Waals surface area (Å²) < 4.78 is 66.2. The van der Waals surface area contributed by atoms with Crippen molar-refractivity contribution in [1.29, 1.82) is 0 Å². The second-order valence-electron chi connectivity index (χ2n) is 7.37. The van der Waals surface area contributed by atoms with Crippen LogP contribution in [-0.4, -0.2) is 37.2 Å². The standard InChI is InChI=1S/C18H16F3N5O5S/c1-10-8-17(10)15(27)25(11-2-4-12(5-3-11)31-18(19,20)21)16(28)26(17)14-6-7-23-9-13(14)24-32(22,29)30/h2-7,9-10,24H,8H2,1H3,(H2,22,29,30). The number of nitrogens with one attached hydrogen (secondary N) is 1. The zero-order valence-corrected chi connectivity index (χ0v) is 17.1. The molecule has 3 amide bonds. The number of nitrogens with two attached hydrogens (primary N) is 1. The van der Waals surface area contributed by atoms with E-state index in [4.69, 9.17) is 5.14 Å². The predicted octanol–water partition coefficient (Wildman–Crippen LogP) is 2.35. The lowest BCUT2D eigenvalue weighted by Gasteiger charge is -2.24. The largest absolute Gasteiger partial charge is 0.573 e. The molecule has 3 N–H and O–H groups in total. The third-order valence-corrected chi connectivity index (χ3v) is 5.75. The SMILES string of the molecule is CC1CC12C(=O)N(c1ccc(OC(F)(F)F)cc1)C(=O)N2c1ccncc1NS(N)(=O)=O. The van der Waals surface area contributed by atoms with Crippen molar-refractivity contribution in [1.82, 2.24) is 4.98 Å². The zero-order valence-electron chi connectivity index (χ0n) is 16.3. The maximum absolute atomic E-state index is 13.3. The summed E-state index contributed by atoms with van der Waals surface area (Å²) in [7, 11) is -4.21. The number of hydrogen-bond donors (Lipinski definition) is 2. The molecule has 1 spiro atoms. The second-order valence-corrected chi connectivity index (χ2v) is 8.66. The molecular weight excluding hydrogens is 455 g/mol. The van der Waals surface area contributed by atoms with Crippen LogP contribution in [0.5, 0.6) is 5.75 Å². The van der Waals surface area contributed by atoms with Crippen LogP contribution >= 0.6 is 0 Å². The third kappa shape index (κ3) is 3.71. The summed E-state index contributed by atoms with van der Waals surface area (Å²) in [5.41, 5.74) is -1.28. The van der Waals surface area contributed by atoms with E-state index in [9.17, 15) is 31.2 Å². The number of aromatic nitrogens is 1. The van der Waals surface area contributed by atoms with Crippen molar-refractivity contribution in [2.24, 2.45) is 11.1 Å². The van der Waals surface area contributed by atoms with Crippen molar-refractivity contribution >= 4 is 39.2 Å². The molecule has 2 aliphatic rings. The average Bonchev–Trinajstić information content (AvgIpc) is 3.28. The highest BCUT2D eigenvalue weighted by Gasteiger charge is 2.70. The molecule has 0 radical (unpaired) electrons. The topological polar surface area (TPSA) is 135 Å². The number of rotatable bonds is 5. The van der Waals surface area contributed by atoms with Gasteiger partial charge in [0.2, 0.25) is 0 Å². The Morgan fingerprint density at radius 2 is 1.84 bits per heavy atom. The van der Waals surface area contributed by atoms with Crippen LogP contribution in [0.15, 0.2) is 42.7 Å². The van der Waals surface area contributed by atoms with E-state index in [0.717, 1.165) is 40.3 Å². The molecule has 1 aliphatic carbocycles. The number of amides is 3. The van der Waals surface area contributed by atoms with E-state index in [2.05, 4.69) is 14.4 Å². The van der Waals surface area contributed by atoms with E-state index in [1.165, 1.54) is 12.3 Å². The van der Waals surface area contributed by atoms with Crippen molar-refractivity contribution in [2.45, 2.75) is 25.2 Å². The molecule has 10 nitrogen and oxygen atoms in total. The van der Waals surface area contributed by atoms with Crippen LogP contribution < -0.4 is 24.4 Å². The van der Waals surface area contributed by atoms with Gasteiger partial charge < -0.3 is 4.74 Å². The molecule has 2 fully saturated rings. The molecule has 2 aromatic rings. The lowest BCUT2D eigenvalue weighted by molar-refractivity contribution is -0.274. The zero-order chi connectivity index (χ0) is 23.5. The minimum atomic E-state index is -4.89. The van der Waals surface area contributed by atoms with E-state index < -0.39 is 39.8 Å². The molecular formula is C18H16F3N5O5S. The molecule has 1 saturated carbocycles. The number of carbonyl (C=O) groups is 2. The first-order valence-electron chi connectivity index (χ1n) is 9.12. The lowest BCUT2D eigenvalue weighted by atomic mass is 10.1. The molecule has 1 aliphatic heterocycles. The van der Waals surface area contributed by atoms with Gasteiger partial charge in [0.1, 0.15) is 11.3 Å². The van der Waals surface area contributed by atoms with E-state index >= 15 is 0 Å². The molecule has 0 bridgehead atoms. The van der Waals surface area contributed by atoms with E-state index in [0.29, 0.717) is 6.42 Å². The van der Waals surface area contributed by atoms with E-state index in [-0.39, 0.29) is 23.0 Å². The van der Waals surface area contributed by atoms with Crippen LogP contribution in [0.2, 0.25) is 0 Å². The number of anilines is 3. The minimum Gasteiger partial charge on any atom is -0.406 e. The molecule has 1 aromatic heterocycles. The van der Waals surface area contributed by atoms with Gasteiger partial charge in [-0.15, -0.1) is 13.2 Å². The molecule has 2 heterocycles. The molecule has 170 valence electrons. The number of hydrogen-bond acceptors (Lipinski definition) is 6. The fourth-order valence-corrected chi connectivity index (χ4v) is 4.28. The van der Waals surface area contributed by atoms with Gasteiger partial charge in [0.15, 0.2) is 0 Å². The summed E-state index contributed by atoms with van der Waals surface area (Å²) in [4.78, 5) is 32.4. The highest BCUT2D eigenvalue weighted by Crippen LogP contribution is 2.56. The van der Waals surface area contributed by atoms with Gasteiger partial charge in [-0.2, -0.15) is 8.42 Å². The molecule has 1 saturated heterocycles. The van der Waals surface area contributed by atoms with Crippen molar-refractivity contribution in [3.63, 3.8) is 0 Å². The maximum Gasteiger partial charge on any atom is 0.573 e. The van der Waals surface area contributed by atoms with Gasteiger partial charge in [-0.1, -0.05) is 6.92 Å². The first kappa shape index (κ1) is 21.8. The fraction of sp³-hybridized carbons (Fsp3) is 0.278. The number of alkyl halides is 3. The highest BCUT2D eigenvalue weighted by atomic mass is 32.2. The Hall–Kier alpha value is -3.39. The molecule has 2 atom stereocenters. The summed E-state index contributed by atoms with van der Waals surface area (Å²) in [6, 6.07) is 4.82. The van der Waals surface area contributed by atoms with Crippen molar-refractivity contribution < 1.29 is 35.9 Å². The average molecular weight is 471 g/mol. The Morgan fingerprint density at radius 3 is 2.38 bits per heavy atom. The van der Waals surface area contributed by atoms with Crippen LogP contribution in [0, 0.1) is 5.92 Å². The normalized spacial score (nSPS) is 23.1. The maximum atomic E-state index is 13.3. The summed E-state index contributed by atoms with van der Waals surface area (Å²) in [5, 5.41) is 5.04. The van der Waals surface area contributed by atoms with Crippen LogP contribution in [0.4, 0.5) is 35.0 Å². The van der Waals surface area contributed by atoms with Crippen LogP contribution in [0.25, 0.3) is 0 Å². The number of imide groups is 1. The highest BCUT2D eigenvalue weighted by molar-refractivity contribution is 7.90. The van der Waals surface area contributed by atoms with Crippen molar-refractivity contribution in [2.75, 3.05) is 14.5 Å². The number of nitrogens with zero attached hydrogens (tertiary/aromatic N) is 3. The van der Waals surface area contributed by atoms with Gasteiger partial charge in [0.25, 0.3) is 16.1 Å². The first-order valence-corrected chi connectivity index (χ1v) is 10.7. The fourth-order valence-electron chi connectivity index (χ4n) is 3.82.